The molecular weight excluding hydrogens is 191 g/mol. The number of rotatable bonds is 1. The second-order valence-corrected chi connectivity index (χ2v) is 2.00. The predicted molar refractivity (Wildman–Crippen MR) is 37.6 cm³/mol. The SMILES string of the molecule is O.O=C(O)c1ncc(F)c(Cl)n1. The fourth-order valence-corrected chi connectivity index (χ4v) is 0.578. The van der Waals surface area contributed by atoms with E-state index >= 15 is 0 Å². The maximum atomic E-state index is 12.3. The molecule has 0 fully saturated rings. The summed E-state index contributed by atoms with van der Waals surface area (Å²) in [7, 11) is 0. The molecule has 0 aliphatic heterocycles. The molecule has 12 heavy (non-hydrogen) atoms. The highest BCUT2D eigenvalue weighted by Gasteiger charge is 2.09. The molecule has 66 valence electrons. The van der Waals surface area contributed by atoms with Gasteiger partial charge in [0.2, 0.25) is 5.82 Å². The summed E-state index contributed by atoms with van der Waals surface area (Å²) in [6.45, 7) is 0. The summed E-state index contributed by atoms with van der Waals surface area (Å²) in [6, 6.07) is 0. The van der Waals surface area contributed by atoms with Crippen LogP contribution in [0.2, 0.25) is 5.15 Å². The van der Waals surface area contributed by atoms with Crippen molar-refractivity contribution in [3.8, 4) is 0 Å². The third-order valence-corrected chi connectivity index (χ3v) is 1.16. The first-order valence-electron chi connectivity index (χ1n) is 2.52. The Morgan fingerprint density at radius 2 is 2.25 bits per heavy atom. The van der Waals surface area contributed by atoms with Gasteiger partial charge in [-0.1, -0.05) is 11.6 Å². The molecule has 1 rings (SSSR count). The minimum atomic E-state index is -1.34. The molecule has 0 spiro atoms. The van der Waals surface area contributed by atoms with E-state index in [0.29, 0.717) is 6.20 Å². The number of aromatic carboxylic acids is 1. The van der Waals surface area contributed by atoms with Crippen LogP contribution in [0.25, 0.3) is 0 Å². The molecule has 1 heterocycles. The molecule has 7 heteroatoms. The van der Waals surface area contributed by atoms with Crippen LogP contribution in [0.15, 0.2) is 6.20 Å². The lowest BCUT2D eigenvalue weighted by Gasteiger charge is -1.93. The van der Waals surface area contributed by atoms with Crippen LogP contribution in [0.3, 0.4) is 0 Å². The van der Waals surface area contributed by atoms with E-state index in [4.69, 9.17) is 16.7 Å². The van der Waals surface area contributed by atoms with Crippen LogP contribution in [0, 0.1) is 5.82 Å². The summed E-state index contributed by atoms with van der Waals surface area (Å²) in [5.74, 6) is -2.69. The first-order valence-corrected chi connectivity index (χ1v) is 2.90. The standard InChI is InChI=1S/C5H2ClFN2O2.H2O/c6-3-2(7)1-8-4(9-3)5(10)11;/h1H,(H,10,11);1H2. The lowest BCUT2D eigenvalue weighted by Crippen LogP contribution is -2.04. The van der Waals surface area contributed by atoms with Gasteiger partial charge in [0.15, 0.2) is 11.0 Å². The zero-order chi connectivity index (χ0) is 8.43. The molecule has 1 aromatic rings. The van der Waals surface area contributed by atoms with E-state index in [1.807, 2.05) is 0 Å². The Hall–Kier alpha value is -1.27. The maximum Gasteiger partial charge on any atom is 0.373 e. The van der Waals surface area contributed by atoms with Gasteiger partial charge in [-0.15, -0.1) is 0 Å². The Balaban J connectivity index is 0.00000121. The number of carbonyl (C=O) groups is 1. The van der Waals surface area contributed by atoms with Crippen molar-refractivity contribution in [3.63, 3.8) is 0 Å². The summed E-state index contributed by atoms with van der Waals surface area (Å²) < 4.78 is 12.3. The number of carboxylic acid groups (broad SMARTS) is 1. The Morgan fingerprint density at radius 1 is 1.67 bits per heavy atom. The zero-order valence-corrected chi connectivity index (χ0v) is 6.34. The van der Waals surface area contributed by atoms with Crippen LogP contribution in [0.1, 0.15) is 10.6 Å². The summed E-state index contributed by atoms with van der Waals surface area (Å²) in [5, 5.41) is 7.81. The molecule has 0 amide bonds. The van der Waals surface area contributed by atoms with Gasteiger partial charge in [0, 0.05) is 0 Å². The highest BCUT2D eigenvalue weighted by molar-refractivity contribution is 6.29. The van der Waals surface area contributed by atoms with Crippen LogP contribution in [0.5, 0.6) is 0 Å². The summed E-state index contributed by atoms with van der Waals surface area (Å²) in [6.07, 6.45) is 0.707. The number of carboxylic acids is 1. The zero-order valence-electron chi connectivity index (χ0n) is 5.58. The number of halogens is 2. The van der Waals surface area contributed by atoms with E-state index in [9.17, 15) is 9.18 Å². The van der Waals surface area contributed by atoms with Gasteiger partial charge in [-0.2, -0.15) is 0 Å². The summed E-state index contributed by atoms with van der Waals surface area (Å²) in [4.78, 5) is 16.5. The van der Waals surface area contributed by atoms with E-state index in [0.717, 1.165) is 0 Å². The lowest BCUT2D eigenvalue weighted by atomic mass is 10.5. The third-order valence-electron chi connectivity index (χ3n) is 0.893. The number of nitrogens with zero attached hydrogens (tertiary/aromatic N) is 2. The molecule has 0 saturated carbocycles. The Kier molecular flexibility index (Phi) is 3.52. The molecule has 0 atom stereocenters. The number of hydrogen-bond acceptors (Lipinski definition) is 3. The van der Waals surface area contributed by atoms with Crippen molar-refractivity contribution in [1.82, 2.24) is 9.97 Å². The van der Waals surface area contributed by atoms with Crippen LogP contribution in [-0.4, -0.2) is 26.5 Å². The van der Waals surface area contributed by atoms with E-state index < -0.39 is 22.8 Å². The van der Waals surface area contributed by atoms with Crippen molar-refractivity contribution < 1.29 is 19.8 Å². The van der Waals surface area contributed by atoms with Gasteiger partial charge in [0.1, 0.15) is 0 Å². The van der Waals surface area contributed by atoms with Crippen LogP contribution < -0.4 is 0 Å². The molecule has 0 aromatic carbocycles. The van der Waals surface area contributed by atoms with Crippen molar-refractivity contribution in [3.05, 3.63) is 23.0 Å². The Bertz CT molecular complexity index is 307. The topological polar surface area (TPSA) is 94.6 Å². The van der Waals surface area contributed by atoms with E-state index in [2.05, 4.69) is 9.97 Å². The second kappa shape index (κ2) is 3.93. The first kappa shape index (κ1) is 10.7. The quantitative estimate of drug-likeness (QED) is 0.644. The molecule has 0 saturated heterocycles. The average molecular weight is 195 g/mol. The van der Waals surface area contributed by atoms with Gasteiger partial charge in [0.25, 0.3) is 0 Å². The minimum Gasteiger partial charge on any atom is -0.475 e. The maximum absolute atomic E-state index is 12.3. The third kappa shape index (κ3) is 2.11. The van der Waals surface area contributed by atoms with E-state index in [-0.39, 0.29) is 5.48 Å². The molecule has 0 aliphatic carbocycles. The number of aromatic nitrogens is 2. The van der Waals surface area contributed by atoms with E-state index in [1.165, 1.54) is 0 Å². The highest BCUT2D eigenvalue weighted by Crippen LogP contribution is 2.08. The Labute approximate surface area is 71.1 Å². The van der Waals surface area contributed by atoms with Crippen molar-refractivity contribution in [2.45, 2.75) is 0 Å². The Morgan fingerprint density at radius 3 is 2.67 bits per heavy atom. The molecular formula is C5H4ClFN2O3. The monoisotopic (exact) mass is 194 g/mol. The highest BCUT2D eigenvalue weighted by atomic mass is 35.5. The first-order chi connectivity index (χ1) is 5.11. The summed E-state index contributed by atoms with van der Waals surface area (Å²) >= 11 is 5.17. The van der Waals surface area contributed by atoms with Gasteiger partial charge >= 0.3 is 5.97 Å². The van der Waals surface area contributed by atoms with Gasteiger partial charge in [-0.3, -0.25) is 0 Å². The normalized spacial score (nSPS) is 8.83. The minimum absolute atomic E-state index is 0. The van der Waals surface area contributed by atoms with Crippen molar-refractivity contribution in [2.24, 2.45) is 0 Å². The predicted octanol–water partition coefficient (Wildman–Crippen LogP) is 0.143. The fraction of sp³-hybridized carbons (Fsp3) is 0. The van der Waals surface area contributed by atoms with Crippen molar-refractivity contribution in [2.75, 3.05) is 0 Å². The largest absolute Gasteiger partial charge is 0.475 e. The smallest absolute Gasteiger partial charge is 0.373 e. The molecule has 1 aromatic heterocycles. The van der Waals surface area contributed by atoms with Gasteiger partial charge in [-0.25, -0.2) is 19.2 Å². The average Bonchev–Trinajstić information content (AvgIpc) is 1.94. The summed E-state index contributed by atoms with van der Waals surface area (Å²) in [5.41, 5.74) is 0. The second-order valence-electron chi connectivity index (χ2n) is 1.64. The van der Waals surface area contributed by atoms with Crippen LogP contribution >= 0.6 is 11.6 Å². The van der Waals surface area contributed by atoms with E-state index in [1.54, 1.807) is 0 Å². The van der Waals surface area contributed by atoms with Crippen molar-refractivity contribution >= 4 is 17.6 Å². The van der Waals surface area contributed by atoms with Gasteiger partial charge in [0.05, 0.1) is 6.20 Å². The number of hydrogen-bond donors (Lipinski definition) is 1. The molecule has 0 radical (unpaired) electrons. The van der Waals surface area contributed by atoms with Crippen molar-refractivity contribution in [1.29, 1.82) is 0 Å². The molecule has 5 nitrogen and oxygen atoms in total. The molecule has 3 N–H and O–H groups in total. The molecule has 0 aliphatic rings. The molecule has 0 unspecified atom stereocenters. The van der Waals surface area contributed by atoms with Crippen LogP contribution in [-0.2, 0) is 0 Å². The molecule has 0 bridgehead atoms. The lowest BCUT2D eigenvalue weighted by molar-refractivity contribution is 0.0683. The van der Waals surface area contributed by atoms with Gasteiger partial charge < -0.3 is 10.6 Å². The van der Waals surface area contributed by atoms with Crippen LogP contribution in [0.4, 0.5) is 4.39 Å². The fourth-order valence-electron chi connectivity index (χ4n) is 0.449. The van der Waals surface area contributed by atoms with Gasteiger partial charge in [-0.05, 0) is 0 Å².